The second kappa shape index (κ2) is 6.09. The van der Waals surface area contributed by atoms with Crippen LogP contribution >= 0.6 is 0 Å². The summed E-state index contributed by atoms with van der Waals surface area (Å²) in [6.07, 6.45) is 1.67. The summed E-state index contributed by atoms with van der Waals surface area (Å²) >= 11 is 0. The topological polar surface area (TPSA) is 77.5 Å². The third-order valence-corrected chi connectivity index (χ3v) is 5.24. The van der Waals surface area contributed by atoms with Crippen LogP contribution in [0.1, 0.15) is 27.0 Å². The van der Waals surface area contributed by atoms with Crippen LogP contribution < -0.4 is 0 Å². The smallest absolute Gasteiger partial charge is 0.197 e. The zero-order valence-corrected chi connectivity index (χ0v) is 14.9. The van der Waals surface area contributed by atoms with E-state index in [9.17, 15) is 19.7 Å². The van der Waals surface area contributed by atoms with E-state index in [2.05, 4.69) is 4.98 Å². The molecule has 2 aromatic carbocycles. The number of carbonyl (C=O) groups is 1. The lowest BCUT2D eigenvalue weighted by molar-refractivity contribution is 0.104. The standard InChI is InChI=1S/C24H10FN3O/c25-18-9-3-7-16-19(13(11-26)12-27)22(24(29)21(16)18)20-14-5-1-2-6-15(14)23-17(20)8-4-10-28-23/h1-10H/b22-20-. The monoisotopic (exact) mass is 375 g/mol. The van der Waals surface area contributed by atoms with Crippen LogP contribution in [0.25, 0.3) is 22.4 Å². The molecule has 134 valence electrons. The Labute approximate surface area is 165 Å². The van der Waals surface area contributed by atoms with Gasteiger partial charge in [-0.15, -0.1) is 0 Å². The summed E-state index contributed by atoms with van der Waals surface area (Å²) in [7, 11) is 0. The molecule has 0 radical (unpaired) electrons. The highest BCUT2D eigenvalue weighted by molar-refractivity contribution is 6.33. The molecule has 1 heterocycles. The van der Waals surface area contributed by atoms with Gasteiger partial charge in [-0.2, -0.15) is 10.5 Å². The van der Waals surface area contributed by atoms with E-state index in [0.717, 1.165) is 16.7 Å². The number of pyridine rings is 1. The lowest BCUT2D eigenvalue weighted by Crippen LogP contribution is -2.02. The zero-order chi connectivity index (χ0) is 20.1. The highest BCUT2D eigenvalue weighted by Crippen LogP contribution is 2.50. The number of halogens is 1. The van der Waals surface area contributed by atoms with Crippen LogP contribution in [0.4, 0.5) is 4.39 Å². The number of benzene rings is 2. The first kappa shape index (κ1) is 16.8. The van der Waals surface area contributed by atoms with Crippen molar-refractivity contribution in [3.05, 3.63) is 100 Å². The predicted octanol–water partition coefficient (Wildman–Crippen LogP) is 4.70. The fraction of sp³-hybridized carbons (Fsp3) is 0. The van der Waals surface area contributed by atoms with Gasteiger partial charge in [0, 0.05) is 34.0 Å². The molecule has 0 fully saturated rings. The third kappa shape index (κ3) is 2.16. The van der Waals surface area contributed by atoms with Gasteiger partial charge in [0.1, 0.15) is 23.5 Å². The van der Waals surface area contributed by atoms with Gasteiger partial charge in [-0.1, -0.05) is 42.5 Å². The summed E-state index contributed by atoms with van der Waals surface area (Å²) < 4.78 is 14.6. The molecule has 5 heteroatoms. The number of allylic oxidation sites excluding steroid dienone is 3. The maximum absolute atomic E-state index is 14.6. The Hall–Kier alpha value is -4.35. The first-order valence-corrected chi connectivity index (χ1v) is 8.85. The fourth-order valence-corrected chi connectivity index (χ4v) is 4.12. The normalized spacial score (nSPS) is 16.0. The molecular weight excluding hydrogens is 365 g/mol. The van der Waals surface area contributed by atoms with Crippen molar-refractivity contribution >= 4 is 16.9 Å². The minimum atomic E-state index is -0.673. The Balaban J connectivity index is 1.99. The van der Waals surface area contributed by atoms with E-state index in [0.29, 0.717) is 11.3 Å². The first-order chi connectivity index (χ1) is 14.2. The fourth-order valence-electron chi connectivity index (χ4n) is 4.12. The van der Waals surface area contributed by atoms with Gasteiger partial charge in [0.05, 0.1) is 11.3 Å². The van der Waals surface area contributed by atoms with Crippen LogP contribution in [0.2, 0.25) is 0 Å². The quantitative estimate of drug-likeness (QED) is 0.330. The lowest BCUT2D eigenvalue weighted by Gasteiger charge is -2.09. The number of rotatable bonds is 0. The Morgan fingerprint density at radius 1 is 0.828 bits per heavy atom. The van der Waals surface area contributed by atoms with Crippen molar-refractivity contribution in [1.29, 1.82) is 10.5 Å². The molecule has 0 atom stereocenters. The average Bonchev–Trinajstić information content (AvgIpc) is 3.22. The molecule has 0 spiro atoms. The highest BCUT2D eigenvalue weighted by Gasteiger charge is 2.40. The number of aromatic nitrogens is 1. The zero-order valence-electron chi connectivity index (χ0n) is 14.9. The largest absolute Gasteiger partial charge is 0.288 e. The molecule has 29 heavy (non-hydrogen) atoms. The predicted molar refractivity (Wildman–Crippen MR) is 105 cm³/mol. The van der Waals surface area contributed by atoms with Crippen molar-refractivity contribution in [2.75, 3.05) is 0 Å². The number of fused-ring (bicyclic) bond motifs is 4. The Kier molecular flexibility index (Phi) is 3.52. The van der Waals surface area contributed by atoms with Gasteiger partial charge >= 0.3 is 0 Å². The molecule has 4 nitrogen and oxygen atoms in total. The van der Waals surface area contributed by atoms with Crippen LogP contribution in [0, 0.1) is 28.5 Å². The van der Waals surface area contributed by atoms with E-state index in [1.807, 2.05) is 42.5 Å². The van der Waals surface area contributed by atoms with Crippen molar-refractivity contribution in [3.8, 4) is 23.4 Å². The van der Waals surface area contributed by atoms with Crippen LogP contribution in [0.5, 0.6) is 0 Å². The number of hydrogen-bond acceptors (Lipinski definition) is 4. The van der Waals surface area contributed by atoms with Crippen LogP contribution in [-0.4, -0.2) is 10.8 Å². The van der Waals surface area contributed by atoms with Gasteiger partial charge < -0.3 is 0 Å². The molecule has 0 aliphatic heterocycles. The van der Waals surface area contributed by atoms with Gasteiger partial charge in [-0.25, -0.2) is 4.39 Å². The second-order valence-electron chi connectivity index (χ2n) is 6.66. The second-order valence-corrected chi connectivity index (χ2v) is 6.66. The van der Waals surface area contributed by atoms with Crippen molar-refractivity contribution in [2.45, 2.75) is 0 Å². The number of Topliss-reactive ketones (excluding diaryl/α,β-unsaturated/α-hetero) is 1. The van der Waals surface area contributed by atoms with Crippen LogP contribution in [-0.2, 0) is 0 Å². The maximum Gasteiger partial charge on any atom is 0.197 e. The summed E-state index contributed by atoms with van der Waals surface area (Å²) in [6.45, 7) is 0. The molecule has 3 aromatic rings. The number of nitrogens with zero attached hydrogens (tertiary/aromatic N) is 3. The van der Waals surface area contributed by atoms with Crippen molar-refractivity contribution in [1.82, 2.24) is 4.98 Å². The van der Waals surface area contributed by atoms with Gasteiger partial charge in [0.15, 0.2) is 5.78 Å². The van der Waals surface area contributed by atoms with E-state index >= 15 is 0 Å². The number of nitriles is 2. The molecule has 0 saturated carbocycles. The third-order valence-electron chi connectivity index (χ3n) is 5.24. The lowest BCUT2D eigenvalue weighted by atomic mass is 9.91. The molecule has 0 unspecified atom stereocenters. The number of ketones is 1. The SMILES string of the molecule is N#CC(C#N)=C1/C(=C2\c3ccccc3-c3ncccc32)C(=O)c2c(F)cccc21. The van der Waals surface area contributed by atoms with Gasteiger partial charge in [-0.05, 0) is 23.3 Å². The number of carbonyl (C=O) groups excluding carboxylic acids is 1. The van der Waals surface area contributed by atoms with Gasteiger partial charge in [-0.3, -0.25) is 9.78 Å². The maximum atomic E-state index is 14.6. The van der Waals surface area contributed by atoms with Crippen molar-refractivity contribution in [2.24, 2.45) is 0 Å². The molecule has 0 amide bonds. The molecule has 0 bridgehead atoms. The Morgan fingerprint density at radius 3 is 2.28 bits per heavy atom. The van der Waals surface area contributed by atoms with E-state index in [1.165, 1.54) is 12.1 Å². The summed E-state index contributed by atoms with van der Waals surface area (Å²) in [5.41, 5.74) is 3.91. The van der Waals surface area contributed by atoms with Crippen LogP contribution in [0.15, 0.2) is 71.9 Å². The molecule has 2 aliphatic carbocycles. The van der Waals surface area contributed by atoms with Crippen molar-refractivity contribution < 1.29 is 9.18 Å². The van der Waals surface area contributed by atoms with E-state index in [1.54, 1.807) is 18.3 Å². The van der Waals surface area contributed by atoms with Crippen LogP contribution in [0.3, 0.4) is 0 Å². The van der Waals surface area contributed by atoms with E-state index in [-0.39, 0.29) is 27.8 Å². The highest BCUT2D eigenvalue weighted by atomic mass is 19.1. The number of hydrogen-bond donors (Lipinski definition) is 0. The summed E-state index contributed by atoms with van der Waals surface area (Å²) in [5, 5.41) is 19.1. The molecule has 5 rings (SSSR count). The first-order valence-electron chi connectivity index (χ1n) is 8.85. The summed E-state index contributed by atoms with van der Waals surface area (Å²) in [6, 6.07) is 19.1. The van der Waals surface area contributed by atoms with Crippen molar-refractivity contribution in [3.63, 3.8) is 0 Å². The molecule has 0 saturated heterocycles. The Morgan fingerprint density at radius 2 is 1.52 bits per heavy atom. The minimum absolute atomic E-state index is 0.108. The summed E-state index contributed by atoms with van der Waals surface area (Å²) in [4.78, 5) is 17.9. The minimum Gasteiger partial charge on any atom is -0.288 e. The van der Waals surface area contributed by atoms with E-state index < -0.39 is 11.6 Å². The van der Waals surface area contributed by atoms with E-state index in [4.69, 9.17) is 0 Å². The molecular formula is C24H10FN3O. The summed E-state index contributed by atoms with van der Waals surface area (Å²) in [5.74, 6) is -1.20. The average molecular weight is 375 g/mol. The Bertz CT molecular complexity index is 1340. The molecule has 2 aliphatic rings. The van der Waals surface area contributed by atoms with Gasteiger partial charge in [0.2, 0.25) is 0 Å². The van der Waals surface area contributed by atoms with Gasteiger partial charge in [0.25, 0.3) is 0 Å². The molecule has 1 aromatic heterocycles. The molecule has 0 N–H and O–H groups in total.